The molecule has 14 heteroatoms. The topological polar surface area (TPSA) is 225 Å². The standard InChI is InChI=1S/C40H64N4O2.C8H14O7.CH2O/c1-9-38(45)37(7)43-39(46)36(6)28-22-14-12-10-11-13-19-26-33(3)30-35(5)31-34(4)27-21-17-20-25-32(2)24-18-15-16-23-29-44(8)40(41)42;1-13-7(12)6-4(10)3(9)5(11)8(14-2)15-6;1-2/h10-15,18-20,22,25-26,28,31-34,45H,9,16-17,21,23-24,27,29-30H2,1-8H3,(H3,41,42)(H,43,46);3-6,8-11H,1-2H3;1H2/b12-10+,13-11+,18-15+,22-14+,25-20+,26-19+,35-31+,36-28+,38-37-;;. The zero-order chi connectivity index (χ0) is 48.3. The Hall–Kier alpha value is -4.86. The third-order valence-electron chi connectivity index (χ3n) is 9.77. The number of carbonyl (C=O) groups excluding carboxylic acids is 3. The Morgan fingerprint density at radius 2 is 1.46 bits per heavy atom. The zero-order valence-corrected chi connectivity index (χ0v) is 39.5. The molecule has 0 aromatic heterocycles. The maximum atomic E-state index is 12.1. The van der Waals surface area contributed by atoms with E-state index in [-0.39, 0.29) is 17.6 Å². The monoisotopic (exact) mass is 885 g/mol. The fourth-order valence-electron chi connectivity index (χ4n) is 5.98. The van der Waals surface area contributed by atoms with E-state index in [2.05, 4.69) is 80.3 Å². The van der Waals surface area contributed by atoms with Crippen LogP contribution in [0.25, 0.3) is 0 Å². The molecule has 63 heavy (non-hydrogen) atoms. The van der Waals surface area contributed by atoms with Gasteiger partial charge in [0.2, 0.25) is 0 Å². The van der Waals surface area contributed by atoms with E-state index in [4.69, 9.17) is 25.4 Å². The Balaban J connectivity index is 0. The van der Waals surface area contributed by atoms with Crippen molar-refractivity contribution in [1.82, 2.24) is 10.2 Å². The van der Waals surface area contributed by atoms with Crippen LogP contribution in [-0.4, -0.2) is 108 Å². The molecule has 356 valence electrons. The number of nitrogens with two attached hydrogens (primary N) is 1. The second-order valence-corrected chi connectivity index (χ2v) is 15.6. The van der Waals surface area contributed by atoms with Gasteiger partial charge in [0.05, 0.1) is 12.8 Å². The van der Waals surface area contributed by atoms with Gasteiger partial charge >= 0.3 is 5.97 Å². The van der Waals surface area contributed by atoms with Gasteiger partial charge in [0, 0.05) is 32.7 Å². The lowest BCUT2D eigenvalue weighted by Crippen LogP contribution is -2.60. The molecule has 8 N–H and O–H groups in total. The lowest BCUT2D eigenvalue weighted by molar-refractivity contribution is -0.288. The Bertz CT molecular complexity index is 1590. The summed E-state index contributed by atoms with van der Waals surface area (Å²) in [6.45, 7) is 17.2. The Kier molecular flexibility index (Phi) is 35.0. The van der Waals surface area contributed by atoms with Gasteiger partial charge in [0.15, 0.2) is 18.4 Å². The van der Waals surface area contributed by atoms with Gasteiger partial charge in [-0.25, -0.2) is 4.79 Å². The van der Waals surface area contributed by atoms with Crippen LogP contribution in [0.15, 0.2) is 108 Å². The van der Waals surface area contributed by atoms with E-state index >= 15 is 0 Å². The molecule has 0 spiro atoms. The summed E-state index contributed by atoms with van der Waals surface area (Å²) in [5.74, 6) is 0.895. The minimum Gasteiger partial charge on any atom is -0.511 e. The van der Waals surface area contributed by atoms with Gasteiger partial charge in [-0.2, -0.15) is 0 Å². The maximum absolute atomic E-state index is 12.1. The van der Waals surface area contributed by atoms with Gasteiger partial charge in [-0.3, -0.25) is 10.2 Å². The molecule has 0 aliphatic carbocycles. The van der Waals surface area contributed by atoms with Crippen LogP contribution in [0.4, 0.5) is 0 Å². The molecule has 1 aliphatic rings. The van der Waals surface area contributed by atoms with E-state index in [0.29, 0.717) is 35.4 Å². The summed E-state index contributed by atoms with van der Waals surface area (Å²) in [4.78, 5) is 33.0. The van der Waals surface area contributed by atoms with Crippen LogP contribution < -0.4 is 11.1 Å². The highest BCUT2D eigenvalue weighted by atomic mass is 16.7. The van der Waals surface area contributed by atoms with E-state index in [0.717, 1.165) is 45.8 Å². The third-order valence-corrected chi connectivity index (χ3v) is 9.77. The highest BCUT2D eigenvalue weighted by Gasteiger charge is 2.47. The minimum absolute atomic E-state index is 0.132. The highest BCUT2D eigenvalue weighted by Crippen LogP contribution is 2.22. The number of rotatable bonds is 24. The van der Waals surface area contributed by atoms with Gasteiger partial charge in [0.25, 0.3) is 5.91 Å². The zero-order valence-electron chi connectivity index (χ0n) is 39.5. The summed E-state index contributed by atoms with van der Waals surface area (Å²) in [5, 5.41) is 48.0. The Labute approximate surface area is 377 Å². The van der Waals surface area contributed by atoms with E-state index in [1.165, 1.54) is 25.5 Å². The number of guanidine groups is 1. The third kappa shape index (κ3) is 28.5. The number of carbonyl (C=O) groups is 3. The van der Waals surface area contributed by atoms with Crippen molar-refractivity contribution >= 4 is 24.6 Å². The molecule has 1 fully saturated rings. The molecule has 1 rings (SSSR count). The van der Waals surface area contributed by atoms with Crippen LogP contribution >= 0.6 is 0 Å². The predicted octanol–water partition coefficient (Wildman–Crippen LogP) is 7.42. The van der Waals surface area contributed by atoms with Crippen molar-refractivity contribution in [3.63, 3.8) is 0 Å². The number of amides is 1. The summed E-state index contributed by atoms with van der Waals surface area (Å²) in [6.07, 6.45) is 30.6. The summed E-state index contributed by atoms with van der Waals surface area (Å²) in [7, 11) is 4.22. The summed E-state index contributed by atoms with van der Waals surface area (Å²) in [5.41, 5.74) is 7.97. The number of ether oxygens (including phenoxy) is 3. The first-order chi connectivity index (χ1) is 29.9. The lowest BCUT2D eigenvalue weighted by atomic mass is 9.96. The van der Waals surface area contributed by atoms with Crippen molar-refractivity contribution in [2.45, 2.75) is 131 Å². The molecule has 0 bridgehead atoms. The number of esters is 1. The van der Waals surface area contributed by atoms with Crippen molar-refractivity contribution in [3.8, 4) is 0 Å². The molecule has 1 saturated heterocycles. The number of allylic oxidation sites excluding steroid dienone is 17. The Morgan fingerprint density at radius 3 is 2.05 bits per heavy atom. The minimum atomic E-state index is -1.54. The highest BCUT2D eigenvalue weighted by molar-refractivity contribution is 5.94. The molecule has 1 aliphatic heterocycles. The molecule has 0 radical (unpaired) electrons. The fraction of sp³-hybridized carbons (Fsp3) is 0.551. The van der Waals surface area contributed by atoms with Crippen molar-refractivity contribution < 1.29 is 49.0 Å². The van der Waals surface area contributed by atoms with E-state index in [1.54, 1.807) is 24.8 Å². The molecule has 0 aromatic carbocycles. The summed E-state index contributed by atoms with van der Waals surface area (Å²) >= 11 is 0. The van der Waals surface area contributed by atoms with Gasteiger partial charge in [0.1, 0.15) is 30.9 Å². The molecule has 8 atom stereocenters. The normalized spacial score (nSPS) is 21.5. The van der Waals surface area contributed by atoms with Crippen LogP contribution in [0.2, 0.25) is 0 Å². The summed E-state index contributed by atoms with van der Waals surface area (Å²) in [6, 6.07) is 0. The van der Waals surface area contributed by atoms with Crippen molar-refractivity contribution in [1.29, 1.82) is 5.41 Å². The number of nitrogens with one attached hydrogen (secondary N) is 2. The number of hydrogen-bond acceptors (Lipinski definition) is 11. The molecule has 0 aromatic rings. The number of aliphatic hydroxyl groups is 4. The average Bonchev–Trinajstić information content (AvgIpc) is 3.25. The number of unbranched alkanes of at least 4 members (excludes halogenated alkanes) is 2. The second-order valence-electron chi connectivity index (χ2n) is 15.6. The molecule has 14 nitrogen and oxygen atoms in total. The average molecular weight is 885 g/mol. The van der Waals surface area contributed by atoms with Crippen molar-refractivity contribution in [3.05, 3.63) is 108 Å². The maximum Gasteiger partial charge on any atom is 0.337 e. The molecular formula is C49H80N4O10. The first kappa shape index (κ1) is 60.2. The van der Waals surface area contributed by atoms with Crippen LogP contribution in [0, 0.1) is 23.2 Å². The summed E-state index contributed by atoms with van der Waals surface area (Å²) < 4.78 is 14.0. The number of methoxy groups -OCH3 is 2. The van der Waals surface area contributed by atoms with Crippen molar-refractivity contribution in [2.24, 2.45) is 23.5 Å². The van der Waals surface area contributed by atoms with Crippen LogP contribution in [-0.2, 0) is 28.6 Å². The lowest BCUT2D eigenvalue weighted by Gasteiger charge is -2.38. The first-order valence-electron chi connectivity index (χ1n) is 21.6. The second kappa shape index (κ2) is 36.6. The van der Waals surface area contributed by atoms with Gasteiger partial charge in [-0.05, 0) is 83.5 Å². The van der Waals surface area contributed by atoms with Crippen LogP contribution in [0.1, 0.15) is 99.8 Å². The van der Waals surface area contributed by atoms with Crippen LogP contribution in [0.5, 0.6) is 0 Å². The van der Waals surface area contributed by atoms with E-state index in [1.807, 2.05) is 57.2 Å². The Morgan fingerprint density at radius 1 is 0.857 bits per heavy atom. The molecule has 0 saturated carbocycles. The number of aliphatic hydroxyl groups excluding tert-OH is 4. The quantitative estimate of drug-likeness (QED) is 0.00735. The fourth-order valence-corrected chi connectivity index (χ4v) is 5.98. The van der Waals surface area contributed by atoms with Crippen molar-refractivity contribution in [2.75, 3.05) is 27.8 Å². The predicted molar refractivity (Wildman–Crippen MR) is 253 cm³/mol. The number of hydrogen-bond donors (Lipinski definition) is 7. The molecule has 8 unspecified atom stereocenters. The van der Waals surface area contributed by atoms with Crippen LogP contribution in [0.3, 0.4) is 0 Å². The number of nitrogens with zero attached hydrogens (tertiary/aromatic N) is 1. The SMILES string of the molecule is C=O.CC/C(O)=C(\C)NC(=O)/C(C)=C/C=C/C=C/C=C/C=C/C(C)C/C(C)=C/C(C)CCC/C=C/C(C)C/C=C/CCCN(C)C(=N)N.COC(=O)C1OC(OC)C(O)C(O)C1O. The van der Waals surface area contributed by atoms with Gasteiger partial charge in [-0.15, -0.1) is 0 Å². The smallest absolute Gasteiger partial charge is 0.337 e. The van der Waals surface area contributed by atoms with E-state index < -0.39 is 36.7 Å². The largest absolute Gasteiger partial charge is 0.511 e. The molecule has 1 heterocycles. The van der Waals surface area contributed by atoms with E-state index in [9.17, 15) is 30.0 Å². The molecule has 1 amide bonds. The van der Waals surface area contributed by atoms with Gasteiger partial charge < -0.3 is 55.4 Å². The molecular weight excluding hydrogens is 805 g/mol. The van der Waals surface area contributed by atoms with Gasteiger partial charge in [-0.1, -0.05) is 118 Å². The first-order valence-corrected chi connectivity index (χ1v) is 21.6.